The maximum absolute atomic E-state index is 12.7. The molecule has 0 aliphatic carbocycles. The number of halogens is 1. The van der Waals surface area contributed by atoms with Crippen molar-refractivity contribution < 1.29 is 31.1 Å². The minimum Gasteiger partial charge on any atom is -1.00 e. The molecule has 0 bridgehead atoms. The maximum Gasteiger partial charge on any atom is 0.276 e. The van der Waals surface area contributed by atoms with Crippen LogP contribution < -0.4 is 27.5 Å². The van der Waals surface area contributed by atoms with E-state index in [-0.39, 0.29) is 28.8 Å². The predicted molar refractivity (Wildman–Crippen MR) is 85.5 cm³/mol. The van der Waals surface area contributed by atoms with Crippen molar-refractivity contribution in [3.05, 3.63) is 65.2 Å². The van der Waals surface area contributed by atoms with Crippen LogP contribution >= 0.6 is 0 Å². The number of ether oxygens (including phenoxy) is 1. The third-order valence-electron chi connectivity index (χ3n) is 4.16. The molecule has 0 saturated heterocycles. The summed E-state index contributed by atoms with van der Waals surface area (Å²) in [5, 5.41) is 0. The number of Topliss-reactive ketones (excluding diaryl/α,β-unsaturated/α-hetero) is 1. The Labute approximate surface area is 146 Å². The molecule has 0 saturated carbocycles. The summed E-state index contributed by atoms with van der Waals surface area (Å²) in [5.74, 6) is 1.47. The summed E-state index contributed by atoms with van der Waals surface area (Å²) in [4.78, 5) is 12.7. The van der Waals surface area contributed by atoms with E-state index in [0.717, 1.165) is 16.9 Å². The zero-order valence-electron chi connectivity index (χ0n) is 13.1. The molecule has 1 unspecified atom stereocenters. The minimum atomic E-state index is -0.305. The van der Waals surface area contributed by atoms with Gasteiger partial charge >= 0.3 is 0 Å². The first-order valence-electron chi connectivity index (χ1n) is 7.27. The zero-order valence-corrected chi connectivity index (χ0v) is 14.7. The molecular weight excluding hydrogens is 356 g/mol. The molecule has 0 fully saturated rings. The molecule has 23 heavy (non-hydrogen) atoms. The Morgan fingerprint density at radius 3 is 2.43 bits per heavy atom. The van der Waals surface area contributed by atoms with E-state index in [0.29, 0.717) is 17.9 Å². The highest BCUT2D eigenvalue weighted by atomic mass is 79.9. The Bertz CT molecular complexity index is 754. The number of hydrogen-bond acceptors (Lipinski definition) is 3. The molecule has 2 aromatic rings. The van der Waals surface area contributed by atoms with Crippen molar-refractivity contribution in [1.82, 2.24) is 0 Å². The van der Waals surface area contributed by atoms with Crippen LogP contribution in [0, 0.1) is 0 Å². The van der Waals surface area contributed by atoms with Gasteiger partial charge in [-0.2, -0.15) is 0 Å². The third kappa shape index (κ3) is 3.15. The summed E-state index contributed by atoms with van der Waals surface area (Å²) in [7, 11) is 1.61. The lowest BCUT2D eigenvalue weighted by atomic mass is 10.0. The molecule has 4 nitrogen and oxygen atoms in total. The van der Waals surface area contributed by atoms with Crippen molar-refractivity contribution in [2.24, 2.45) is 5.73 Å². The number of carbonyl (C=O) groups is 1. The van der Waals surface area contributed by atoms with Crippen LogP contribution in [-0.4, -0.2) is 29.3 Å². The highest BCUT2D eigenvalue weighted by Gasteiger charge is 2.31. The van der Waals surface area contributed by atoms with Gasteiger partial charge in [-0.15, -0.1) is 0 Å². The second-order valence-electron chi connectivity index (χ2n) is 5.44. The third-order valence-corrected chi connectivity index (χ3v) is 4.16. The van der Waals surface area contributed by atoms with E-state index in [9.17, 15) is 4.79 Å². The molecule has 3 rings (SSSR count). The van der Waals surface area contributed by atoms with Gasteiger partial charge in [-0.05, 0) is 37.3 Å². The van der Waals surface area contributed by atoms with E-state index in [1.54, 1.807) is 31.4 Å². The zero-order chi connectivity index (χ0) is 15.7. The van der Waals surface area contributed by atoms with Gasteiger partial charge in [0, 0.05) is 11.1 Å². The number of nitrogens with two attached hydrogens (primary N) is 1. The van der Waals surface area contributed by atoms with Gasteiger partial charge in [-0.25, -0.2) is 4.58 Å². The number of methoxy groups -OCH3 is 1. The van der Waals surface area contributed by atoms with E-state index in [2.05, 4.69) is 0 Å². The van der Waals surface area contributed by atoms with Gasteiger partial charge in [-0.3, -0.25) is 10.5 Å². The number of carbonyl (C=O) groups excluding carboxylic acids is 1. The first-order chi connectivity index (χ1) is 10.6. The molecule has 0 aromatic heterocycles. The van der Waals surface area contributed by atoms with Gasteiger partial charge in [0.05, 0.1) is 12.7 Å². The molecule has 2 aromatic carbocycles. The monoisotopic (exact) mass is 374 g/mol. The van der Waals surface area contributed by atoms with Crippen molar-refractivity contribution in [2.75, 3.05) is 7.11 Å². The Hall–Kier alpha value is -2.14. The van der Waals surface area contributed by atoms with Crippen molar-refractivity contribution in [3.8, 4) is 5.75 Å². The second kappa shape index (κ2) is 6.96. The van der Waals surface area contributed by atoms with Crippen LogP contribution in [0.5, 0.6) is 5.75 Å². The highest BCUT2D eigenvalue weighted by Crippen LogP contribution is 2.20. The van der Waals surface area contributed by atoms with Gasteiger partial charge in [0.25, 0.3) is 5.84 Å². The number of fused-ring (bicyclic) bond motifs is 1. The highest BCUT2D eigenvalue weighted by molar-refractivity contribution is 6.01. The fraction of sp³-hybridized carbons (Fsp3) is 0.222. The van der Waals surface area contributed by atoms with Gasteiger partial charge in [-0.1, -0.05) is 18.2 Å². The minimum absolute atomic E-state index is 0. The van der Waals surface area contributed by atoms with E-state index in [1.165, 1.54) is 0 Å². The number of rotatable bonds is 4. The Balaban J connectivity index is 0.00000192. The van der Waals surface area contributed by atoms with Crippen LogP contribution in [0.3, 0.4) is 0 Å². The average molecular weight is 375 g/mol. The van der Waals surface area contributed by atoms with Gasteiger partial charge in [0.2, 0.25) is 5.78 Å². The van der Waals surface area contributed by atoms with Crippen LogP contribution in [0.4, 0.5) is 0 Å². The van der Waals surface area contributed by atoms with Crippen molar-refractivity contribution >= 4 is 11.6 Å². The Morgan fingerprint density at radius 2 is 1.83 bits per heavy atom. The average Bonchev–Trinajstić information content (AvgIpc) is 2.91. The number of amidine groups is 1. The summed E-state index contributed by atoms with van der Waals surface area (Å²) < 4.78 is 7.08. The van der Waals surface area contributed by atoms with E-state index >= 15 is 0 Å². The van der Waals surface area contributed by atoms with Crippen molar-refractivity contribution in [1.29, 1.82) is 0 Å². The van der Waals surface area contributed by atoms with Crippen LogP contribution in [0.2, 0.25) is 0 Å². The molecule has 5 heteroatoms. The number of nitrogens with zero attached hydrogens (tertiary/aromatic N) is 1. The molecule has 0 spiro atoms. The maximum atomic E-state index is 12.7. The summed E-state index contributed by atoms with van der Waals surface area (Å²) in [5.41, 5.74) is 9.07. The lowest BCUT2D eigenvalue weighted by Gasteiger charge is -2.12. The SMILES string of the molecule is COc1ccc(C(=O)C(C)[N+]2=C(N)c3ccccc3C2)cc1.[Br-]. The van der Waals surface area contributed by atoms with Crippen LogP contribution in [0.1, 0.15) is 28.4 Å². The lowest BCUT2D eigenvalue weighted by molar-refractivity contribution is -0.558. The fourth-order valence-electron chi connectivity index (χ4n) is 2.82. The number of hydrogen-bond donors (Lipinski definition) is 1. The van der Waals surface area contributed by atoms with E-state index in [1.807, 2.05) is 35.8 Å². The van der Waals surface area contributed by atoms with Crippen LogP contribution in [0.15, 0.2) is 48.5 Å². The molecule has 0 radical (unpaired) electrons. The summed E-state index contributed by atoms with van der Waals surface area (Å²) >= 11 is 0. The summed E-state index contributed by atoms with van der Waals surface area (Å²) in [6, 6.07) is 14.9. The molecule has 1 heterocycles. The van der Waals surface area contributed by atoms with Gasteiger partial charge < -0.3 is 21.7 Å². The smallest absolute Gasteiger partial charge is 0.276 e. The molecule has 0 amide bonds. The summed E-state index contributed by atoms with van der Waals surface area (Å²) in [6.45, 7) is 2.57. The Morgan fingerprint density at radius 1 is 1.17 bits per heavy atom. The molecule has 120 valence electrons. The Kier molecular flexibility index (Phi) is 5.21. The molecule has 1 aliphatic heterocycles. The van der Waals surface area contributed by atoms with E-state index < -0.39 is 0 Å². The molecular formula is C18H19BrN2O2. The van der Waals surface area contributed by atoms with Crippen molar-refractivity contribution in [2.45, 2.75) is 19.5 Å². The fourth-order valence-corrected chi connectivity index (χ4v) is 2.82. The molecule has 1 atom stereocenters. The van der Waals surface area contributed by atoms with Gasteiger partial charge in [0.1, 0.15) is 12.3 Å². The predicted octanol–water partition coefficient (Wildman–Crippen LogP) is -0.798. The molecule has 2 N–H and O–H groups in total. The van der Waals surface area contributed by atoms with Crippen molar-refractivity contribution in [3.63, 3.8) is 0 Å². The topological polar surface area (TPSA) is 55.3 Å². The standard InChI is InChI=1S/C18H18N2O2.BrH/c1-12(17(21)13-7-9-15(22-2)10-8-13)20-11-14-5-3-4-6-16(14)18(20)19;/h3-10,12,19H,11H2,1-2H3;1H. The molecule has 1 aliphatic rings. The van der Waals surface area contributed by atoms with E-state index in [4.69, 9.17) is 10.5 Å². The lowest BCUT2D eigenvalue weighted by Crippen LogP contribution is -3.00. The number of ketones is 1. The quantitative estimate of drug-likeness (QED) is 0.563. The van der Waals surface area contributed by atoms with Crippen LogP contribution in [-0.2, 0) is 6.54 Å². The largest absolute Gasteiger partial charge is 1.00 e. The van der Waals surface area contributed by atoms with Gasteiger partial charge in [0.15, 0.2) is 6.04 Å². The summed E-state index contributed by atoms with van der Waals surface area (Å²) in [6.07, 6.45) is 0. The first kappa shape index (κ1) is 17.2. The first-order valence-corrected chi connectivity index (χ1v) is 7.27. The van der Waals surface area contributed by atoms with Crippen LogP contribution in [0.25, 0.3) is 0 Å². The normalized spacial score (nSPS) is 14.0. The number of benzene rings is 2. The second-order valence-corrected chi connectivity index (χ2v) is 5.44.